The molecule has 0 radical (unpaired) electrons. The third-order valence-corrected chi connectivity index (χ3v) is 7.40. The molecule has 2 aromatic heterocycles. The first kappa shape index (κ1) is 29.8. The number of nitrogens with zero attached hydrogens (tertiary/aromatic N) is 5. The first-order valence-corrected chi connectivity index (χ1v) is 13.5. The van der Waals surface area contributed by atoms with Crippen molar-refractivity contribution in [3.63, 3.8) is 0 Å². The van der Waals surface area contributed by atoms with Crippen molar-refractivity contribution in [2.24, 2.45) is 0 Å². The minimum absolute atomic E-state index is 0.104. The van der Waals surface area contributed by atoms with Crippen LogP contribution in [0, 0.1) is 11.3 Å². The smallest absolute Gasteiger partial charge is 0.433 e. The molecular formula is C30H33F3N6O2. The number of fused-ring (bicyclic) bond motifs is 1. The molecule has 3 aromatic rings. The summed E-state index contributed by atoms with van der Waals surface area (Å²) in [5.74, 6) is 0.0791. The van der Waals surface area contributed by atoms with E-state index in [-0.39, 0.29) is 23.7 Å². The summed E-state index contributed by atoms with van der Waals surface area (Å²) in [5.41, 5.74) is 7.61. The van der Waals surface area contributed by atoms with E-state index in [2.05, 4.69) is 20.9 Å². The molecule has 0 saturated heterocycles. The van der Waals surface area contributed by atoms with Crippen LogP contribution in [-0.2, 0) is 19.0 Å². The van der Waals surface area contributed by atoms with Crippen molar-refractivity contribution in [3.05, 3.63) is 70.3 Å². The van der Waals surface area contributed by atoms with E-state index >= 15 is 0 Å². The molecule has 41 heavy (non-hydrogen) atoms. The van der Waals surface area contributed by atoms with Crippen LogP contribution in [0.4, 0.5) is 18.9 Å². The van der Waals surface area contributed by atoms with E-state index in [1.54, 1.807) is 23.1 Å². The summed E-state index contributed by atoms with van der Waals surface area (Å²) in [5, 5.41) is 9.38. The topological polar surface area (TPSA) is 108 Å². The summed E-state index contributed by atoms with van der Waals surface area (Å²) in [6.45, 7) is 7.76. The number of anilines is 1. The zero-order chi connectivity index (χ0) is 29.9. The van der Waals surface area contributed by atoms with Crippen molar-refractivity contribution in [1.82, 2.24) is 19.8 Å². The Kier molecular flexibility index (Phi) is 8.83. The highest BCUT2D eigenvalue weighted by molar-refractivity contribution is 5.99. The molecule has 0 spiro atoms. The van der Waals surface area contributed by atoms with E-state index < -0.39 is 17.9 Å². The number of rotatable bonds is 9. The molecule has 0 saturated carbocycles. The lowest BCUT2D eigenvalue weighted by Crippen LogP contribution is -2.40. The highest BCUT2D eigenvalue weighted by atomic mass is 19.4. The van der Waals surface area contributed by atoms with Crippen molar-refractivity contribution in [2.45, 2.75) is 45.8 Å². The Morgan fingerprint density at radius 1 is 1.15 bits per heavy atom. The summed E-state index contributed by atoms with van der Waals surface area (Å²) < 4.78 is 47.7. The van der Waals surface area contributed by atoms with E-state index in [1.807, 2.05) is 27.8 Å². The largest absolute Gasteiger partial charge is 0.492 e. The predicted molar refractivity (Wildman–Crippen MR) is 149 cm³/mol. The lowest BCUT2D eigenvalue weighted by molar-refractivity contribution is -0.140. The molecule has 0 unspecified atom stereocenters. The Hall–Kier alpha value is -4.17. The van der Waals surface area contributed by atoms with Crippen molar-refractivity contribution < 1.29 is 22.7 Å². The van der Waals surface area contributed by atoms with Crippen molar-refractivity contribution in [1.29, 1.82) is 5.26 Å². The second kappa shape index (κ2) is 12.1. The average molecular weight is 567 g/mol. The molecular weight excluding hydrogens is 533 g/mol. The van der Waals surface area contributed by atoms with Crippen LogP contribution >= 0.6 is 0 Å². The summed E-state index contributed by atoms with van der Waals surface area (Å²) in [6.07, 6.45) is -1.41. The SMILES string of the molecule is CCOc1cc([C@H](C)N2CCc3c(cc(CCN(C)CC)cc3-c3cc(N)cnc3C(F)(F)F)C2=O)ncc1C#N. The molecule has 0 aliphatic carbocycles. The van der Waals surface area contributed by atoms with Gasteiger partial charge in [-0.15, -0.1) is 0 Å². The van der Waals surface area contributed by atoms with Gasteiger partial charge in [0.15, 0.2) is 5.69 Å². The Balaban J connectivity index is 1.81. The first-order valence-electron chi connectivity index (χ1n) is 13.5. The molecule has 11 heteroatoms. The number of aromatic nitrogens is 2. The number of hydrogen-bond donors (Lipinski definition) is 1. The second-order valence-corrected chi connectivity index (χ2v) is 10.1. The maximum atomic E-state index is 14.0. The third-order valence-electron chi connectivity index (χ3n) is 7.40. The van der Waals surface area contributed by atoms with Crippen LogP contribution < -0.4 is 10.5 Å². The molecule has 1 aliphatic heterocycles. The molecule has 2 N–H and O–H groups in total. The average Bonchev–Trinajstić information content (AvgIpc) is 2.95. The van der Waals surface area contributed by atoms with Gasteiger partial charge in [0, 0.05) is 36.5 Å². The van der Waals surface area contributed by atoms with Gasteiger partial charge >= 0.3 is 6.18 Å². The van der Waals surface area contributed by atoms with Gasteiger partial charge in [-0.2, -0.15) is 18.4 Å². The van der Waals surface area contributed by atoms with E-state index in [4.69, 9.17) is 10.5 Å². The van der Waals surface area contributed by atoms with E-state index in [9.17, 15) is 23.2 Å². The summed E-state index contributed by atoms with van der Waals surface area (Å²) >= 11 is 0. The van der Waals surface area contributed by atoms with E-state index in [1.165, 1.54) is 12.3 Å². The number of hydrogen-bond acceptors (Lipinski definition) is 7. The first-order chi connectivity index (χ1) is 19.5. The lowest BCUT2D eigenvalue weighted by atomic mass is 9.86. The number of nitriles is 1. The number of carbonyl (C=O) groups is 1. The van der Waals surface area contributed by atoms with Gasteiger partial charge in [0.2, 0.25) is 0 Å². The maximum Gasteiger partial charge on any atom is 0.433 e. The molecule has 216 valence electrons. The minimum Gasteiger partial charge on any atom is -0.492 e. The monoisotopic (exact) mass is 566 g/mol. The van der Waals surface area contributed by atoms with Crippen LogP contribution in [0.15, 0.2) is 36.7 Å². The Morgan fingerprint density at radius 3 is 2.54 bits per heavy atom. The van der Waals surface area contributed by atoms with E-state index in [0.29, 0.717) is 59.7 Å². The van der Waals surface area contributed by atoms with Gasteiger partial charge < -0.3 is 20.3 Å². The Morgan fingerprint density at radius 2 is 1.88 bits per heavy atom. The molecule has 1 aliphatic rings. The fourth-order valence-corrected chi connectivity index (χ4v) is 5.02. The maximum absolute atomic E-state index is 14.0. The molecule has 3 heterocycles. The highest BCUT2D eigenvalue weighted by Gasteiger charge is 2.38. The van der Waals surface area contributed by atoms with Gasteiger partial charge in [-0.05, 0) is 69.1 Å². The number of alkyl halides is 3. The zero-order valence-electron chi connectivity index (χ0n) is 23.5. The molecule has 0 bridgehead atoms. The Bertz CT molecular complexity index is 1480. The van der Waals surface area contributed by atoms with E-state index in [0.717, 1.165) is 18.3 Å². The number of pyridine rings is 2. The molecule has 8 nitrogen and oxygen atoms in total. The van der Waals surface area contributed by atoms with Gasteiger partial charge in [-0.25, -0.2) is 4.98 Å². The summed E-state index contributed by atoms with van der Waals surface area (Å²) in [6, 6.07) is 8.04. The molecule has 1 atom stereocenters. The molecule has 4 rings (SSSR count). The predicted octanol–water partition coefficient (Wildman–Crippen LogP) is 5.27. The summed E-state index contributed by atoms with van der Waals surface area (Å²) in [4.78, 5) is 25.8. The lowest BCUT2D eigenvalue weighted by Gasteiger charge is -2.35. The zero-order valence-corrected chi connectivity index (χ0v) is 23.5. The molecule has 1 amide bonds. The van der Waals surface area contributed by atoms with Gasteiger partial charge in [-0.3, -0.25) is 9.78 Å². The van der Waals surface area contributed by atoms with Crippen LogP contribution in [0.2, 0.25) is 0 Å². The van der Waals surface area contributed by atoms with Crippen LogP contribution in [0.3, 0.4) is 0 Å². The van der Waals surface area contributed by atoms with Gasteiger partial charge in [0.25, 0.3) is 5.91 Å². The number of nitrogens with two attached hydrogens (primary N) is 1. The number of benzene rings is 1. The fraction of sp³-hybridized carbons (Fsp3) is 0.400. The second-order valence-electron chi connectivity index (χ2n) is 10.1. The molecule has 1 aromatic carbocycles. The van der Waals surface area contributed by atoms with Crippen molar-refractivity contribution in [2.75, 3.05) is 39.0 Å². The van der Waals surface area contributed by atoms with Crippen LogP contribution in [0.5, 0.6) is 5.75 Å². The number of halogens is 3. The quantitative estimate of drug-likeness (QED) is 0.376. The van der Waals surface area contributed by atoms with Gasteiger partial charge in [-0.1, -0.05) is 13.0 Å². The minimum atomic E-state index is -4.70. The number of ether oxygens (including phenoxy) is 1. The van der Waals surface area contributed by atoms with Gasteiger partial charge in [0.1, 0.15) is 17.4 Å². The number of amides is 1. The Labute approximate surface area is 237 Å². The van der Waals surface area contributed by atoms with Crippen LogP contribution in [-0.4, -0.2) is 59.0 Å². The third kappa shape index (κ3) is 6.28. The number of nitrogen functional groups attached to an aromatic ring is 1. The van der Waals surface area contributed by atoms with Crippen LogP contribution in [0.25, 0.3) is 11.1 Å². The fourth-order valence-electron chi connectivity index (χ4n) is 5.02. The van der Waals surface area contributed by atoms with Gasteiger partial charge in [0.05, 0.1) is 30.2 Å². The summed E-state index contributed by atoms with van der Waals surface area (Å²) in [7, 11) is 1.96. The van der Waals surface area contributed by atoms with Crippen LogP contribution in [0.1, 0.15) is 65.2 Å². The normalized spacial score (nSPS) is 14.1. The molecule has 0 fully saturated rings. The van der Waals surface area contributed by atoms with Crippen molar-refractivity contribution in [3.8, 4) is 22.9 Å². The number of likely N-dealkylation sites (N-methyl/N-ethyl adjacent to an activating group) is 1. The number of carbonyl (C=O) groups excluding carboxylic acids is 1. The standard InChI is InChI=1S/C30H33F3N6O2/c1-5-38(4)9-7-19-11-23(24-13-21(35)17-37-28(24)30(31,32)33)22-8-10-39(29(40)25(22)12-19)18(3)26-14-27(41-6-2)20(15-34)16-36-26/h11-14,16-18H,5-10,35H2,1-4H3/t18-/m0/s1. The highest BCUT2D eigenvalue weighted by Crippen LogP contribution is 2.41. The van der Waals surface area contributed by atoms with Crippen molar-refractivity contribution >= 4 is 11.6 Å².